The van der Waals surface area contributed by atoms with E-state index in [9.17, 15) is 28.8 Å². The number of likely N-dealkylation sites (tertiary alicyclic amines) is 1. The fraction of sp³-hybridized carbons (Fsp3) is 0.286. The van der Waals surface area contributed by atoms with Gasteiger partial charge in [0.15, 0.2) is 5.82 Å². The van der Waals surface area contributed by atoms with Gasteiger partial charge in [-0.1, -0.05) is 0 Å². The fourth-order valence-electron chi connectivity index (χ4n) is 7.31. The van der Waals surface area contributed by atoms with Crippen molar-refractivity contribution in [2.24, 2.45) is 27.1 Å². The van der Waals surface area contributed by atoms with E-state index in [0.29, 0.717) is 51.8 Å². The maximum atomic E-state index is 13.5. The Kier molecular flexibility index (Phi) is 7.69. The number of nitrogens with zero attached hydrogens (tertiary/aromatic N) is 5. The van der Waals surface area contributed by atoms with E-state index in [1.165, 1.54) is 43.0 Å². The van der Waals surface area contributed by atoms with Crippen molar-refractivity contribution in [3.05, 3.63) is 88.3 Å². The van der Waals surface area contributed by atoms with Crippen molar-refractivity contribution in [2.75, 3.05) is 29.6 Å². The number of ketones is 1. The molecule has 1 aliphatic heterocycles. The topological polar surface area (TPSA) is 194 Å². The number of ether oxygens (including phenoxy) is 1. The smallest absolute Gasteiger partial charge is 0.340 e. The molecular formula is C35H35N9O7. The Morgan fingerprint density at radius 1 is 0.980 bits per heavy atom. The predicted octanol–water partition coefficient (Wildman–Crippen LogP) is 2.88. The van der Waals surface area contributed by atoms with Crippen molar-refractivity contribution >= 4 is 58.6 Å². The first-order chi connectivity index (χ1) is 24.2. The van der Waals surface area contributed by atoms with Gasteiger partial charge in [0.05, 0.1) is 29.7 Å². The van der Waals surface area contributed by atoms with E-state index >= 15 is 0 Å². The minimum atomic E-state index is -0.588. The molecule has 262 valence electrons. The van der Waals surface area contributed by atoms with Crippen LogP contribution in [0.2, 0.25) is 0 Å². The fourth-order valence-corrected chi connectivity index (χ4v) is 7.31. The molecule has 2 atom stereocenters. The van der Waals surface area contributed by atoms with Gasteiger partial charge < -0.3 is 44.3 Å². The molecule has 4 aromatic rings. The van der Waals surface area contributed by atoms with E-state index in [0.717, 1.165) is 6.42 Å². The first-order valence-electron chi connectivity index (χ1n) is 16.1. The first kappa shape index (κ1) is 33.1. The van der Waals surface area contributed by atoms with E-state index in [4.69, 9.17) is 4.74 Å². The molecule has 16 nitrogen and oxygen atoms in total. The van der Waals surface area contributed by atoms with Crippen molar-refractivity contribution < 1.29 is 33.5 Å². The summed E-state index contributed by atoms with van der Waals surface area (Å²) in [5.74, 6) is -2.12. The Hall–Kier alpha value is -6.45. The van der Waals surface area contributed by atoms with Gasteiger partial charge in [0.2, 0.25) is 17.5 Å². The number of nitrogens with one attached hydrogen (secondary N) is 4. The monoisotopic (exact) mass is 693 g/mol. The second-order valence-corrected chi connectivity index (χ2v) is 13.1. The average molecular weight is 694 g/mol. The van der Waals surface area contributed by atoms with Crippen LogP contribution < -0.4 is 16.0 Å². The van der Waals surface area contributed by atoms with Gasteiger partial charge in [-0.2, -0.15) is 0 Å². The summed E-state index contributed by atoms with van der Waals surface area (Å²) >= 11 is 0. The Morgan fingerprint density at radius 2 is 1.71 bits per heavy atom. The van der Waals surface area contributed by atoms with Crippen LogP contribution in [0.3, 0.4) is 0 Å². The average Bonchev–Trinajstić information content (AvgIpc) is 3.54. The summed E-state index contributed by atoms with van der Waals surface area (Å²) in [6.07, 6.45) is 10.1. The number of aromatic nitrogens is 5. The number of hydrogen-bond donors (Lipinski definition) is 4. The molecule has 2 fully saturated rings. The Morgan fingerprint density at radius 3 is 2.43 bits per heavy atom. The number of aromatic amines is 1. The number of carbonyl (C=O) groups excluding carboxylic acids is 6. The molecule has 1 saturated heterocycles. The number of rotatable bonds is 8. The summed E-state index contributed by atoms with van der Waals surface area (Å²) in [4.78, 5) is 85.7. The zero-order chi connectivity index (χ0) is 36.5. The van der Waals surface area contributed by atoms with Crippen molar-refractivity contribution in [1.82, 2.24) is 28.6 Å². The molecule has 2 aliphatic carbocycles. The van der Waals surface area contributed by atoms with Gasteiger partial charge in [0.25, 0.3) is 17.7 Å². The molecule has 4 N–H and O–H groups in total. The molecule has 7 rings (SSSR count). The van der Waals surface area contributed by atoms with Crippen LogP contribution in [0.25, 0.3) is 6.08 Å². The molecule has 4 aromatic heterocycles. The molecule has 4 amide bonds. The third-order valence-corrected chi connectivity index (χ3v) is 9.64. The number of methoxy groups -OCH3 is 1. The third-order valence-electron chi connectivity index (χ3n) is 9.64. The number of imidazole rings is 1. The number of aryl methyl sites for hydroxylation is 4. The molecule has 5 heterocycles. The zero-order valence-electron chi connectivity index (χ0n) is 28.7. The number of piperidine rings is 1. The Bertz CT molecular complexity index is 2280. The summed E-state index contributed by atoms with van der Waals surface area (Å²) in [7, 11) is 6.35. The van der Waals surface area contributed by atoms with Crippen LogP contribution in [0.4, 0.5) is 17.2 Å². The minimum absolute atomic E-state index is 0.0419. The highest BCUT2D eigenvalue weighted by Crippen LogP contribution is 2.67. The lowest BCUT2D eigenvalue weighted by molar-refractivity contribution is -0.124. The number of allylic oxidation sites excluding steroid dienone is 2. The molecule has 0 radical (unpaired) electrons. The van der Waals surface area contributed by atoms with Gasteiger partial charge in [0, 0.05) is 93.4 Å². The van der Waals surface area contributed by atoms with Gasteiger partial charge in [-0.05, 0) is 37.5 Å². The number of amides is 4. The van der Waals surface area contributed by atoms with Crippen molar-refractivity contribution in [1.29, 1.82) is 0 Å². The number of carbonyl (C=O) groups is 6. The molecule has 3 aliphatic rings. The third kappa shape index (κ3) is 5.44. The maximum absolute atomic E-state index is 13.5. The SMILES string of the molecule is COC(=O)c1c(C)[nH]c2c1[C@@]13C[C@@H]1CN(C(=O)/C=C/c1cc(NC(=O)c4nc(NC(=O)c5cc(NC(C)=O)cn5C)cn4C)cn1C)C3=CC2=O. The predicted molar refractivity (Wildman–Crippen MR) is 184 cm³/mol. The standard InChI is InChI=1S/C35H35N9O7/c1-17-28(34(50)51-6)29-30(36-17)24(46)11-25-35(29)12-19(35)13-44(25)27(47)8-7-22-9-20(14-41(22)3)38-33(49)31-39-26(16-43(31)5)40-32(48)23-10-21(15-42(23)4)37-18(2)45/h7-11,14-16,19,36H,12-13H2,1-6H3,(H,37,45)(H,38,49)(H,40,48)/b8-7+/t19-,35+/m1/s1. The maximum Gasteiger partial charge on any atom is 0.340 e. The zero-order valence-corrected chi connectivity index (χ0v) is 28.7. The van der Waals surface area contributed by atoms with Crippen LogP contribution in [0.1, 0.15) is 72.2 Å². The number of anilines is 3. The lowest BCUT2D eigenvalue weighted by atomic mass is 9.82. The second-order valence-electron chi connectivity index (χ2n) is 13.1. The molecule has 0 aromatic carbocycles. The molecule has 1 saturated carbocycles. The van der Waals surface area contributed by atoms with Crippen LogP contribution in [0.15, 0.2) is 48.6 Å². The Balaban J connectivity index is 1.02. The van der Waals surface area contributed by atoms with E-state index in [-0.39, 0.29) is 40.9 Å². The van der Waals surface area contributed by atoms with Crippen molar-refractivity contribution in [2.45, 2.75) is 25.7 Å². The highest BCUT2D eigenvalue weighted by molar-refractivity contribution is 6.12. The number of fused-ring (bicyclic) bond motifs is 1. The highest BCUT2D eigenvalue weighted by Gasteiger charge is 2.68. The van der Waals surface area contributed by atoms with Crippen LogP contribution in [0.5, 0.6) is 0 Å². The minimum Gasteiger partial charge on any atom is -0.465 e. The summed E-state index contributed by atoms with van der Waals surface area (Å²) in [5.41, 5.74) is 3.73. The molecule has 0 unspecified atom stereocenters. The van der Waals surface area contributed by atoms with E-state index in [2.05, 4.69) is 25.9 Å². The van der Waals surface area contributed by atoms with Gasteiger partial charge in [-0.15, -0.1) is 0 Å². The molecular weight excluding hydrogens is 658 g/mol. The van der Waals surface area contributed by atoms with Gasteiger partial charge in [0.1, 0.15) is 5.69 Å². The molecule has 0 bridgehead atoms. The van der Waals surface area contributed by atoms with Gasteiger partial charge >= 0.3 is 5.97 Å². The second kappa shape index (κ2) is 11.9. The summed E-state index contributed by atoms with van der Waals surface area (Å²) in [6.45, 7) is 3.52. The normalized spacial score (nSPS) is 18.5. The van der Waals surface area contributed by atoms with E-state index in [1.807, 2.05) is 0 Å². The van der Waals surface area contributed by atoms with Crippen molar-refractivity contribution in [3.63, 3.8) is 0 Å². The first-order valence-corrected chi connectivity index (χ1v) is 16.1. The molecule has 16 heteroatoms. The van der Waals surface area contributed by atoms with E-state index in [1.54, 1.807) is 66.6 Å². The quantitative estimate of drug-likeness (QED) is 0.160. The van der Waals surface area contributed by atoms with Crippen LogP contribution in [-0.2, 0) is 40.9 Å². The highest BCUT2D eigenvalue weighted by atomic mass is 16.5. The van der Waals surface area contributed by atoms with E-state index < -0.39 is 23.2 Å². The van der Waals surface area contributed by atoms with Crippen LogP contribution in [-0.4, -0.2) is 77.6 Å². The van der Waals surface area contributed by atoms with Crippen LogP contribution >= 0.6 is 0 Å². The van der Waals surface area contributed by atoms with Crippen LogP contribution in [0, 0.1) is 12.8 Å². The lowest BCUT2D eigenvalue weighted by Crippen LogP contribution is -2.33. The largest absolute Gasteiger partial charge is 0.465 e. The summed E-state index contributed by atoms with van der Waals surface area (Å²) < 4.78 is 9.80. The Labute approximate surface area is 291 Å². The number of hydrogen-bond acceptors (Lipinski definition) is 8. The van der Waals surface area contributed by atoms with Gasteiger partial charge in [-0.3, -0.25) is 24.0 Å². The number of H-pyrrole nitrogens is 1. The summed E-state index contributed by atoms with van der Waals surface area (Å²) in [6, 6.07) is 3.22. The van der Waals surface area contributed by atoms with Gasteiger partial charge in [-0.25, -0.2) is 9.78 Å². The summed E-state index contributed by atoms with van der Waals surface area (Å²) in [5, 5.41) is 8.10. The van der Waals surface area contributed by atoms with Crippen molar-refractivity contribution in [3.8, 4) is 0 Å². The molecule has 1 spiro atoms. The lowest BCUT2D eigenvalue weighted by Gasteiger charge is -2.27. The number of esters is 1. The molecule has 51 heavy (non-hydrogen) atoms.